The lowest BCUT2D eigenvalue weighted by molar-refractivity contribution is 0.268. The van der Waals surface area contributed by atoms with Crippen molar-refractivity contribution in [2.24, 2.45) is 0 Å². The summed E-state index contributed by atoms with van der Waals surface area (Å²) < 4.78 is 44.9. The lowest BCUT2D eigenvalue weighted by atomic mass is 10.0. The minimum absolute atomic E-state index is 0.0743. The molecule has 1 atom stereocenters. The van der Waals surface area contributed by atoms with Gasteiger partial charge in [0.25, 0.3) is 7.44 Å². The molecule has 0 aromatic heterocycles. The summed E-state index contributed by atoms with van der Waals surface area (Å²) in [6, 6.07) is 34.3. The Morgan fingerprint density at radius 2 is 1.14 bits per heavy atom. The number of nitrogens with zero attached hydrogens (tertiary/aromatic N) is 3. The maximum atomic E-state index is 15.9. The third-order valence-electron chi connectivity index (χ3n) is 7.47. The van der Waals surface area contributed by atoms with Gasteiger partial charge >= 0.3 is 0 Å². The van der Waals surface area contributed by atoms with E-state index in [0.29, 0.717) is 26.2 Å². The first-order valence-electron chi connectivity index (χ1n) is 12.7. The molecule has 6 nitrogen and oxygen atoms in total. The molecular formula is C29H30N3O3PS. The normalized spacial score (nSPS) is 20.2. The third kappa shape index (κ3) is 4.35. The molecule has 0 amide bonds. The molecule has 2 aliphatic rings. The second-order valence-electron chi connectivity index (χ2n) is 9.64. The predicted octanol–water partition coefficient (Wildman–Crippen LogP) is 5.79. The molecule has 0 saturated carbocycles. The highest BCUT2D eigenvalue weighted by molar-refractivity contribution is 7.91. The monoisotopic (exact) mass is 531 g/mol. The van der Waals surface area contributed by atoms with Gasteiger partial charge in [-0.25, -0.2) is 8.42 Å². The van der Waals surface area contributed by atoms with Crippen molar-refractivity contribution >= 4 is 39.4 Å². The van der Waals surface area contributed by atoms with Crippen LogP contribution >= 0.6 is 7.44 Å². The zero-order chi connectivity index (χ0) is 25.5. The summed E-state index contributed by atoms with van der Waals surface area (Å²) >= 11 is 0. The molecule has 4 aromatic rings. The fourth-order valence-electron chi connectivity index (χ4n) is 5.70. The van der Waals surface area contributed by atoms with Gasteiger partial charge in [0, 0.05) is 37.6 Å². The largest absolute Gasteiger partial charge is 0.304 e. The highest BCUT2D eigenvalue weighted by atomic mass is 32.2. The Kier molecular flexibility index (Phi) is 6.31. The molecule has 2 aliphatic heterocycles. The van der Waals surface area contributed by atoms with Crippen LogP contribution in [0.4, 0.5) is 11.4 Å². The van der Waals surface area contributed by atoms with Crippen LogP contribution in [0.5, 0.6) is 0 Å². The highest BCUT2D eigenvalue weighted by Gasteiger charge is 2.53. The standard InChI is InChI=1S/C29H30N3O3PS/c33-36(31(25-12-3-1-4-13-25)18-19-32(36)26-14-5-2-6-15-26)29(30-20-22-37(34,35)23-21-30)28-17-9-11-24-10-7-8-16-27(24)28/h1-17,29H,18-23H2. The third-order valence-corrected chi connectivity index (χ3v) is 12.6. The Hall–Kier alpha value is -3.12. The van der Waals surface area contributed by atoms with Crippen LogP contribution in [0.3, 0.4) is 0 Å². The van der Waals surface area contributed by atoms with Crippen LogP contribution in [0.25, 0.3) is 10.8 Å². The summed E-state index contributed by atoms with van der Waals surface area (Å²) in [6.45, 7) is 1.93. The van der Waals surface area contributed by atoms with Crippen LogP contribution in [0.2, 0.25) is 0 Å². The van der Waals surface area contributed by atoms with Gasteiger partial charge in [0.05, 0.1) is 11.5 Å². The lowest BCUT2D eigenvalue weighted by Crippen LogP contribution is -2.44. The quantitative estimate of drug-likeness (QED) is 0.304. The van der Waals surface area contributed by atoms with E-state index in [-0.39, 0.29) is 11.5 Å². The number of anilines is 2. The highest BCUT2D eigenvalue weighted by Crippen LogP contribution is 2.70. The van der Waals surface area contributed by atoms with Crippen LogP contribution in [0.1, 0.15) is 11.3 Å². The Morgan fingerprint density at radius 3 is 1.73 bits per heavy atom. The molecule has 0 radical (unpaired) electrons. The molecule has 0 bridgehead atoms. The molecule has 190 valence electrons. The Bertz CT molecular complexity index is 1490. The van der Waals surface area contributed by atoms with Gasteiger partial charge < -0.3 is 9.34 Å². The number of para-hydroxylation sites is 2. The van der Waals surface area contributed by atoms with E-state index >= 15 is 4.57 Å². The fourth-order valence-corrected chi connectivity index (χ4v) is 10.6. The average Bonchev–Trinajstić information content (AvgIpc) is 3.28. The van der Waals surface area contributed by atoms with Crippen LogP contribution in [0, 0.1) is 0 Å². The molecule has 0 N–H and O–H groups in total. The number of rotatable bonds is 5. The molecule has 4 aromatic carbocycles. The zero-order valence-corrected chi connectivity index (χ0v) is 22.3. The van der Waals surface area contributed by atoms with Gasteiger partial charge in [-0.1, -0.05) is 78.9 Å². The molecule has 2 fully saturated rings. The number of hydrogen-bond acceptors (Lipinski definition) is 4. The van der Waals surface area contributed by atoms with Gasteiger partial charge in [0.1, 0.15) is 5.78 Å². The van der Waals surface area contributed by atoms with Crippen LogP contribution in [-0.4, -0.2) is 51.0 Å². The van der Waals surface area contributed by atoms with E-state index in [1.54, 1.807) is 0 Å². The first-order valence-corrected chi connectivity index (χ1v) is 16.2. The van der Waals surface area contributed by atoms with Crippen LogP contribution < -0.4 is 9.34 Å². The van der Waals surface area contributed by atoms with Gasteiger partial charge in [-0.15, -0.1) is 0 Å². The number of sulfone groups is 1. The first-order chi connectivity index (χ1) is 18.0. The van der Waals surface area contributed by atoms with Crippen molar-refractivity contribution in [2.75, 3.05) is 47.0 Å². The Balaban J connectivity index is 1.59. The molecule has 8 heteroatoms. The average molecular weight is 532 g/mol. The second-order valence-corrected chi connectivity index (χ2v) is 14.6. The van der Waals surface area contributed by atoms with E-state index in [1.807, 2.05) is 78.9 Å². The molecule has 2 heterocycles. The Morgan fingerprint density at radius 1 is 0.622 bits per heavy atom. The summed E-state index contributed by atoms with van der Waals surface area (Å²) in [5.41, 5.74) is 2.81. The van der Waals surface area contributed by atoms with E-state index in [2.05, 4.69) is 38.5 Å². The van der Waals surface area contributed by atoms with Crippen molar-refractivity contribution < 1.29 is 13.0 Å². The predicted molar refractivity (Wildman–Crippen MR) is 152 cm³/mol. The van der Waals surface area contributed by atoms with E-state index in [9.17, 15) is 8.42 Å². The second kappa shape index (κ2) is 9.64. The van der Waals surface area contributed by atoms with E-state index in [4.69, 9.17) is 0 Å². The molecule has 37 heavy (non-hydrogen) atoms. The summed E-state index contributed by atoms with van der Waals surface area (Å²) in [4.78, 5) is 2.15. The number of fused-ring (bicyclic) bond motifs is 1. The van der Waals surface area contributed by atoms with Crippen molar-refractivity contribution in [1.29, 1.82) is 0 Å². The summed E-state index contributed by atoms with van der Waals surface area (Å²) in [6.07, 6.45) is 0. The van der Waals surface area contributed by atoms with Crippen molar-refractivity contribution in [3.8, 4) is 0 Å². The van der Waals surface area contributed by atoms with Gasteiger partial charge in [0.15, 0.2) is 9.84 Å². The zero-order valence-electron chi connectivity index (χ0n) is 20.6. The van der Waals surface area contributed by atoms with Gasteiger partial charge in [-0.2, -0.15) is 0 Å². The van der Waals surface area contributed by atoms with E-state index in [1.165, 1.54) is 0 Å². The Labute approximate surface area is 218 Å². The van der Waals surface area contributed by atoms with E-state index in [0.717, 1.165) is 27.7 Å². The number of hydrogen-bond donors (Lipinski definition) is 0. The summed E-state index contributed by atoms with van der Waals surface area (Å²) in [7, 11) is -6.49. The van der Waals surface area contributed by atoms with Crippen molar-refractivity contribution in [2.45, 2.75) is 5.78 Å². The van der Waals surface area contributed by atoms with Crippen molar-refractivity contribution in [1.82, 2.24) is 4.90 Å². The topological polar surface area (TPSA) is 60.9 Å². The molecule has 6 rings (SSSR count). The van der Waals surface area contributed by atoms with Crippen LogP contribution in [0.15, 0.2) is 103 Å². The molecule has 0 spiro atoms. The van der Waals surface area contributed by atoms with Crippen molar-refractivity contribution in [3.63, 3.8) is 0 Å². The fraction of sp³-hybridized carbons (Fsp3) is 0.241. The van der Waals surface area contributed by atoms with Crippen molar-refractivity contribution in [3.05, 3.63) is 109 Å². The first kappa shape index (κ1) is 24.2. The molecular weight excluding hydrogens is 501 g/mol. The summed E-state index contributed by atoms with van der Waals surface area (Å²) in [5.74, 6) is -0.354. The smallest absolute Gasteiger partial charge is 0.284 e. The van der Waals surface area contributed by atoms with Gasteiger partial charge in [-0.3, -0.25) is 9.46 Å². The van der Waals surface area contributed by atoms with Gasteiger partial charge in [0.2, 0.25) is 0 Å². The van der Waals surface area contributed by atoms with Gasteiger partial charge in [-0.05, 0) is 40.6 Å². The van der Waals surface area contributed by atoms with E-state index < -0.39 is 23.1 Å². The molecule has 0 aliphatic carbocycles. The maximum absolute atomic E-state index is 15.9. The maximum Gasteiger partial charge on any atom is 0.284 e. The SMILES string of the molecule is O=P1(C(c2cccc3ccccc23)N2CCS(=O)(=O)CC2)N(c2ccccc2)CCN1c1ccccc1. The minimum Gasteiger partial charge on any atom is -0.304 e. The lowest BCUT2D eigenvalue weighted by Gasteiger charge is -2.44. The minimum atomic E-state index is -3.38. The molecule has 1 unspecified atom stereocenters. The molecule has 2 saturated heterocycles. The number of benzene rings is 4. The summed E-state index contributed by atoms with van der Waals surface area (Å²) in [5, 5.41) is 2.13. The van der Waals surface area contributed by atoms with Crippen LogP contribution in [-0.2, 0) is 14.4 Å².